The lowest BCUT2D eigenvalue weighted by molar-refractivity contribution is 0.130. The van der Waals surface area contributed by atoms with Crippen molar-refractivity contribution in [3.63, 3.8) is 0 Å². The van der Waals surface area contributed by atoms with Gasteiger partial charge in [-0.1, -0.05) is 0 Å². The molecule has 2 atom stereocenters. The van der Waals surface area contributed by atoms with Crippen LogP contribution in [0, 0.1) is 11.8 Å². The predicted octanol–water partition coefficient (Wildman–Crippen LogP) is -0.123. The van der Waals surface area contributed by atoms with Crippen molar-refractivity contribution in [1.29, 1.82) is 0 Å². The van der Waals surface area contributed by atoms with Crippen molar-refractivity contribution in [2.24, 2.45) is 17.6 Å². The Morgan fingerprint density at radius 2 is 2.00 bits per heavy atom. The van der Waals surface area contributed by atoms with Gasteiger partial charge in [-0.25, -0.2) is 0 Å². The first kappa shape index (κ1) is 9.44. The Labute approximate surface area is 80.7 Å². The van der Waals surface area contributed by atoms with Gasteiger partial charge >= 0.3 is 0 Å². The fourth-order valence-corrected chi connectivity index (χ4v) is 2.38. The van der Waals surface area contributed by atoms with E-state index >= 15 is 0 Å². The number of hydrogen-bond donors (Lipinski definition) is 2. The fourth-order valence-electron chi connectivity index (χ4n) is 2.38. The van der Waals surface area contributed by atoms with E-state index in [4.69, 9.17) is 5.73 Å². The molecule has 0 aliphatic carbocycles. The molecule has 2 saturated heterocycles. The molecule has 0 bridgehead atoms. The summed E-state index contributed by atoms with van der Waals surface area (Å²) in [5.74, 6) is 1.57. The molecule has 0 amide bonds. The molecular weight excluding hydrogens is 162 g/mol. The molecule has 0 aromatic heterocycles. The number of piperidine rings is 1. The molecule has 0 radical (unpaired) electrons. The number of nitrogens with zero attached hydrogens (tertiary/aromatic N) is 1. The second kappa shape index (κ2) is 4.40. The Bertz CT molecular complexity index is 154. The molecule has 2 rings (SSSR count). The Balaban J connectivity index is 1.71. The highest BCUT2D eigenvalue weighted by Gasteiger charge is 2.24. The summed E-state index contributed by atoms with van der Waals surface area (Å²) in [7, 11) is 0. The van der Waals surface area contributed by atoms with Gasteiger partial charge in [0.05, 0.1) is 0 Å². The van der Waals surface area contributed by atoms with Crippen molar-refractivity contribution in [3.8, 4) is 0 Å². The highest BCUT2D eigenvalue weighted by atomic mass is 15.2. The molecule has 3 heteroatoms. The Kier molecular flexibility index (Phi) is 3.19. The lowest BCUT2D eigenvalue weighted by atomic mass is 9.89. The van der Waals surface area contributed by atoms with E-state index in [0.717, 1.165) is 24.9 Å². The first-order chi connectivity index (χ1) is 6.38. The molecule has 0 aromatic rings. The Hall–Kier alpha value is -0.120. The molecule has 0 saturated carbocycles. The Morgan fingerprint density at radius 3 is 2.62 bits per heavy atom. The van der Waals surface area contributed by atoms with Gasteiger partial charge in [-0.05, 0) is 57.4 Å². The monoisotopic (exact) mass is 183 g/mol. The summed E-state index contributed by atoms with van der Waals surface area (Å²) in [4.78, 5) is 2.56. The molecule has 2 aliphatic heterocycles. The molecular formula is C10H21N3. The molecule has 2 aliphatic rings. The van der Waals surface area contributed by atoms with E-state index in [1.165, 1.54) is 39.0 Å². The summed E-state index contributed by atoms with van der Waals surface area (Å²) >= 11 is 0. The van der Waals surface area contributed by atoms with Gasteiger partial charge in [0.2, 0.25) is 0 Å². The summed E-state index contributed by atoms with van der Waals surface area (Å²) in [5.41, 5.74) is 5.69. The van der Waals surface area contributed by atoms with E-state index in [2.05, 4.69) is 10.2 Å². The number of likely N-dealkylation sites (tertiary alicyclic amines) is 1. The summed E-state index contributed by atoms with van der Waals surface area (Å²) < 4.78 is 0. The summed E-state index contributed by atoms with van der Waals surface area (Å²) in [6, 6.07) is 0. The van der Waals surface area contributed by atoms with Crippen molar-refractivity contribution in [1.82, 2.24) is 10.2 Å². The average molecular weight is 183 g/mol. The number of nitrogens with one attached hydrogen (secondary N) is 1. The quantitative estimate of drug-likeness (QED) is 0.641. The third-order valence-electron chi connectivity index (χ3n) is 3.33. The lowest BCUT2D eigenvalue weighted by Gasteiger charge is -2.37. The fraction of sp³-hybridized carbons (Fsp3) is 1.00. The van der Waals surface area contributed by atoms with Crippen LogP contribution in [0.1, 0.15) is 12.8 Å². The highest BCUT2D eigenvalue weighted by Crippen LogP contribution is 2.18. The third kappa shape index (κ3) is 2.42. The van der Waals surface area contributed by atoms with Crippen molar-refractivity contribution >= 4 is 0 Å². The average Bonchev–Trinajstić information content (AvgIpc) is 2.12. The molecule has 0 spiro atoms. The molecule has 13 heavy (non-hydrogen) atoms. The molecule has 2 heterocycles. The zero-order chi connectivity index (χ0) is 9.10. The maximum atomic E-state index is 5.69. The predicted molar refractivity (Wildman–Crippen MR) is 54.6 cm³/mol. The summed E-state index contributed by atoms with van der Waals surface area (Å²) in [6.45, 7) is 7.13. The van der Waals surface area contributed by atoms with E-state index < -0.39 is 0 Å². The molecule has 0 aromatic carbocycles. The first-order valence-electron chi connectivity index (χ1n) is 5.51. The van der Waals surface area contributed by atoms with Crippen LogP contribution < -0.4 is 11.1 Å². The lowest BCUT2D eigenvalue weighted by Crippen LogP contribution is -2.47. The van der Waals surface area contributed by atoms with E-state index in [0.29, 0.717) is 0 Å². The second-order valence-corrected chi connectivity index (χ2v) is 4.52. The normalized spacial score (nSPS) is 35.8. The van der Waals surface area contributed by atoms with Crippen LogP contribution in [0.25, 0.3) is 0 Å². The van der Waals surface area contributed by atoms with Crippen molar-refractivity contribution in [3.05, 3.63) is 0 Å². The highest BCUT2D eigenvalue weighted by molar-refractivity contribution is 4.81. The standard InChI is InChI=1S/C10H21N3/c11-5-9-4-10(7-12-6-9)8-13-2-1-3-13/h9-10,12H,1-8,11H2. The molecule has 3 N–H and O–H groups in total. The minimum Gasteiger partial charge on any atom is -0.330 e. The van der Waals surface area contributed by atoms with Crippen LogP contribution in [0.5, 0.6) is 0 Å². The van der Waals surface area contributed by atoms with Crippen molar-refractivity contribution in [2.75, 3.05) is 39.3 Å². The maximum absolute atomic E-state index is 5.69. The van der Waals surface area contributed by atoms with Gasteiger partial charge in [0.1, 0.15) is 0 Å². The van der Waals surface area contributed by atoms with Gasteiger partial charge in [-0.3, -0.25) is 0 Å². The van der Waals surface area contributed by atoms with E-state index in [1.807, 2.05) is 0 Å². The van der Waals surface area contributed by atoms with Crippen LogP contribution in [-0.4, -0.2) is 44.2 Å². The zero-order valence-corrected chi connectivity index (χ0v) is 8.34. The molecule has 76 valence electrons. The molecule has 3 nitrogen and oxygen atoms in total. The van der Waals surface area contributed by atoms with E-state index in [9.17, 15) is 0 Å². The SMILES string of the molecule is NCC1CNCC(CN2CCC2)C1. The maximum Gasteiger partial charge on any atom is 0.00219 e. The number of nitrogens with two attached hydrogens (primary N) is 1. The second-order valence-electron chi connectivity index (χ2n) is 4.52. The van der Waals surface area contributed by atoms with Gasteiger partial charge < -0.3 is 16.0 Å². The van der Waals surface area contributed by atoms with Crippen LogP contribution in [0.15, 0.2) is 0 Å². The summed E-state index contributed by atoms with van der Waals surface area (Å²) in [6.07, 6.45) is 2.74. The molecule has 2 fully saturated rings. The van der Waals surface area contributed by atoms with Crippen molar-refractivity contribution < 1.29 is 0 Å². The van der Waals surface area contributed by atoms with Crippen molar-refractivity contribution in [2.45, 2.75) is 12.8 Å². The van der Waals surface area contributed by atoms with Gasteiger partial charge in [-0.15, -0.1) is 0 Å². The van der Waals surface area contributed by atoms with Gasteiger partial charge in [0.15, 0.2) is 0 Å². The van der Waals surface area contributed by atoms with Crippen LogP contribution in [0.2, 0.25) is 0 Å². The van der Waals surface area contributed by atoms with Crippen LogP contribution in [-0.2, 0) is 0 Å². The summed E-state index contributed by atoms with van der Waals surface area (Å²) in [5, 5.41) is 3.48. The van der Waals surface area contributed by atoms with Gasteiger partial charge in [0.25, 0.3) is 0 Å². The number of rotatable bonds is 3. The van der Waals surface area contributed by atoms with Crippen LogP contribution >= 0.6 is 0 Å². The third-order valence-corrected chi connectivity index (χ3v) is 3.33. The van der Waals surface area contributed by atoms with Crippen LogP contribution in [0.3, 0.4) is 0 Å². The minimum absolute atomic E-state index is 0.722. The van der Waals surface area contributed by atoms with Gasteiger partial charge in [-0.2, -0.15) is 0 Å². The first-order valence-corrected chi connectivity index (χ1v) is 5.51. The zero-order valence-electron chi connectivity index (χ0n) is 8.34. The van der Waals surface area contributed by atoms with Crippen LogP contribution in [0.4, 0.5) is 0 Å². The smallest absolute Gasteiger partial charge is 0.00219 e. The molecule has 2 unspecified atom stereocenters. The minimum atomic E-state index is 0.722. The Morgan fingerprint density at radius 1 is 1.23 bits per heavy atom. The van der Waals surface area contributed by atoms with E-state index in [1.54, 1.807) is 0 Å². The topological polar surface area (TPSA) is 41.3 Å². The largest absolute Gasteiger partial charge is 0.330 e. The number of hydrogen-bond acceptors (Lipinski definition) is 3. The van der Waals surface area contributed by atoms with Gasteiger partial charge in [0, 0.05) is 6.54 Å². The van der Waals surface area contributed by atoms with E-state index in [-0.39, 0.29) is 0 Å².